The molecule has 0 saturated carbocycles. The van der Waals surface area contributed by atoms with Crippen molar-refractivity contribution >= 4 is 21.6 Å². The molecule has 0 atom stereocenters. The van der Waals surface area contributed by atoms with Gasteiger partial charge >= 0.3 is 0 Å². The lowest BCUT2D eigenvalue weighted by atomic mass is 10.5. The molecule has 0 fully saturated rings. The van der Waals surface area contributed by atoms with Gasteiger partial charge in [-0.15, -0.1) is 5.10 Å². The average molecular weight is 288 g/mol. The van der Waals surface area contributed by atoms with Gasteiger partial charge in [-0.05, 0) is 12.1 Å². The average Bonchev–Trinajstić information content (AvgIpc) is 2.82. The van der Waals surface area contributed by atoms with Crippen molar-refractivity contribution in [1.29, 1.82) is 0 Å². The van der Waals surface area contributed by atoms with Gasteiger partial charge in [-0.2, -0.15) is 0 Å². The van der Waals surface area contributed by atoms with Crippen LogP contribution in [0.1, 0.15) is 0 Å². The van der Waals surface area contributed by atoms with Crippen LogP contribution in [-0.4, -0.2) is 34.9 Å². The second-order valence-corrected chi connectivity index (χ2v) is 5.45. The van der Waals surface area contributed by atoms with E-state index in [2.05, 4.69) is 20.0 Å². The highest BCUT2D eigenvalue weighted by Gasteiger charge is 2.17. The minimum Gasteiger partial charge on any atom is -0.251 e. The molecule has 2 heterocycles. The van der Waals surface area contributed by atoms with Crippen LogP contribution in [0.2, 0.25) is 5.15 Å². The van der Waals surface area contributed by atoms with E-state index in [0.717, 1.165) is 0 Å². The van der Waals surface area contributed by atoms with Crippen LogP contribution in [0.5, 0.6) is 0 Å². The van der Waals surface area contributed by atoms with Crippen LogP contribution in [0.15, 0.2) is 35.6 Å². The van der Waals surface area contributed by atoms with Gasteiger partial charge in [-0.1, -0.05) is 16.8 Å². The van der Waals surface area contributed by atoms with E-state index in [4.69, 9.17) is 11.6 Å². The molecule has 0 aliphatic rings. The van der Waals surface area contributed by atoms with Crippen LogP contribution in [-0.2, 0) is 16.6 Å². The number of rotatable bonds is 5. The molecule has 0 unspecified atom stereocenters. The van der Waals surface area contributed by atoms with Crippen LogP contribution in [0.3, 0.4) is 0 Å². The Kier molecular flexibility index (Phi) is 3.90. The molecular formula is C9H10ClN5O2S. The van der Waals surface area contributed by atoms with Crippen molar-refractivity contribution in [2.24, 2.45) is 0 Å². The molecule has 2 aromatic heterocycles. The number of halogens is 1. The zero-order valence-electron chi connectivity index (χ0n) is 9.19. The first-order valence-electron chi connectivity index (χ1n) is 5.04. The Hall–Kier alpha value is -1.51. The summed E-state index contributed by atoms with van der Waals surface area (Å²) in [7, 11) is -3.65. The summed E-state index contributed by atoms with van der Waals surface area (Å²) >= 11 is 5.73. The number of hydrogen-bond acceptors (Lipinski definition) is 5. The number of sulfonamides is 1. The Bertz CT molecular complexity index is 614. The summed E-state index contributed by atoms with van der Waals surface area (Å²) in [6.45, 7) is 0.577. The molecule has 0 radical (unpaired) electrons. The molecule has 0 aliphatic carbocycles. The fourth-order valence-electron chi connectivity index (χ4n) is 1.30. The van der Waals surface area contributed by atoms with Gasteiger partial charge in [0.25, 0.3) is 0 Å². The first kappa shape index (κ1) is 12.9. The Morgan fingerprint density at radius 1 is 1.39 bits per heavy atom. The monoisotopic (exact) mass is 287 g/mol. The van der Waals surface area contributed by atoms with E-state index in [9.17, 15) is 8.42 Å². The largest absolute Gasteiger partial charge is 0.251 e. The standard InChI is InChI=1S/C9H10ClN5O2S/c10-9-8(2-1-3-11-9)18(16,17)13-5-7-15-6-4-12-14-15/h1-4,6,13H,5,7H2. The SMILES string of the molecule is O=S(=O)(NCCn1ccnn1)c1cccnc1Cl. The number of hydrogen-bond donors (Lipinski definition) is 1. The van der Waals surface area contributed by atoms with Crippen LogP contribution < -0.4 is 4.72 Å². The summed E-state index contributed by atoms with van der Waals surface area (Å²) in [5.41, 5.74) is 0. The van der Waals surface area contributed by atoms with E-state index < -0.39 is 10.0 Å². The van der Waals surface area contributed by atoms with Crippen molar-refractivity contribution in [3.63, 3.8) is 0 Å². The normalized spacial score (nSPS) is 11.6. The van der Waals surface area contributed by atoms with Gasteiger partial charge in [0.15, 0.2) is 0 Å². The third kappa shape index (κ3) is 3.03. The highest BCUT2D eigenvalue weighted by atomic mass is 35.5. The lowest BCUT2D eigenvalue weighted by molar-refractivity contribution is 0.552. The maximum Gasteiger partial charge on any atom is 0.243 e. The zero-order chi connectivity index (χ0) is 13.0. The molecule has 1 N–H and O–H groups in total. The molecule has 2 aromatic rings. The fraction of sp³-hybridized carbons (Fsp3) is 0.222. The molecule has 96 valence electrons. The lowest BCUT2D eigenvalue weighted by Gasteiger charge is -2.07. The molecule has 0 aromatic carbocycles. The second kappa shape index (κ2) is 5.42. The third-order valence-electron chi connectivity index (χ3n) is 2.12. The maximum atomic E-state index is 11.9. The first-order valence-corrected chi connectivity index (χ1v) is 6.90. The quantitative estimate of drug-likeness (QED) is 0.799. The molecule has 0 bridgehead atoms. The van der Waals surface area contributed by atoms with Gasteiger partial charge in [-0.25, -0.2) is 18.1 Å². The summed E-state index contributed by atoms with van der Waals surface area (Å²) in [5, 5.41) is 7.28. The molecule has 9 heteroatoms. The number of pyridine rings is 1. The van der Waals surface area contributed by atoms with E-state index in [-0.39, 0.29) is 16.6 Å². The van der Waals surface area contributed by atoms with Crippen molar-refractivity contribution < 1.29 is 8.42 Å². The van der Waals surface area contributed by atoms with Gasteiger partial charge in [0.2, 0.25) is 10.0 Å². The van der Waals surface area contributed by atoms with Crippen LogP contribution in [0.25, 0.3) is 0 Å². The smallest absolute Gasteiger partial charge is 0.243 e. The van der Waals surface area contributed by atoms with Gasteiger partial charge in [0, 0.05) is 18.9 Å². The summed E-state index contributed by atoms with van der Waals surface area (Å²) < 4.78 is 27.7. The molecular weight excluding hydrogens is 278 g/mol. The summed E-state index contributed by atoms with van der Waals surface area (Å²) in [5.74, 6) is 0. The topological polar surface area (TPSA) is 89.8 Å². The molecule has 0 spiro atoms. The summed E-state index contributed by atoms with van der Waals surface area (Å²) in [6, 6.07) is 2.91. The van der Waals surface area contributed by atoms with Crippen LogP contribution in [0.4, 0.5) is 0 Å². The Labute approximate surface area is 109 Å². The van der Waals surface area contributed by atoms with Crippen molar-refractivity contribution in [3.8, 4) is 0 Å². The molecule has 2 rings (SSSR count). The summed E-state index contributed by atoms with van der Waals surface area (Å²) in [6.07, 6.45) is 4.59. The third-order valence-corrected chi connectivity index (χ3v) is 4.03. The Morgan fingerprint density at radius 2 is 2.22 bits per heavy atom. The fourth-order valence-corrected chi connectivity index (χ4v) is 2.77. The zero-order valence-corrected chi connectivity index (χ0v) is 10.8. The summed E-state index contributed by atoms with van der Waals surface area (Å²) in [4.78, 5) is 3.69. The van der Waals surface area contributed by atoms with Crippen molar-refractivity contribution in [2.45, 2.75) is 11.4 Å². The van der Waals surface area contributed by atoms with E-state index in [1.165, 1.54) is 29.2 Å². The first-order chi connectivity index (χ1) is 8.59. The predicted octanol–water partition coefficient (Wildman–Crippen LogP) is 0.305. The molecule has 0 amide bonds. The Morgan fingerprint density at radius 3 is 2.89 bits per heavy atom. The van der Waals surface area contributed by atoms with Crippen molar-refractivity contribution in [1.82, 2.24) is 24.7 Å². The number of aromatic nitrogens is 4. The molecule has 18 heavy (non-hydrogen) atoms. The molecule has 0 aliphatic heterocycles. The lowest BCUT2D eigenvalue weighted by Crippen LogP contribution is -2.28. The maximum absolute atomic E-state index is 11.9. The highest BCUT2D eigenvalue weighted by Crippen LogP contribution is 2.17. The van der Waals surface area contributed by atoms with Gasteiger partial charge in [0.05, 0.1) is 12.7 Å². The number of nitrogens with one attached hydrogen (secondary N) is 1. The van der Waals surface area contributed by atoms with E-state index >= 15 is 0 Å². The van der Waals surface area contributed by atoms with Gasteiger partial charge < -0.3 is 0 Å². The Balaban J connectivity index is 2.02. The van der Waals surface area contributed by atoms with E-state index in [1.54, 1.807) is 6.20 Å². The van der Waals surface area contributed by atoms with Gasteiger partial charge in [-0.3, -0.25) is 4.68 Å². The van der Waals surface area contributed by atoms with Crippen LogP contribution in [0, 0.1) is 0 Å². The molecule has 0 saturated heterocycles. The van der Waals surface area contributed by atoms with E-state index in [1.807, 2.05) is 0 Å². The minimum absolute atomic E-state index is 0.0368. The van der Waals surface area contributed by atoms with Gasteiger partial charge in [0.1, 0.15) is 10.0 Å². The minimum atomic E-state index is -3.65. The van der Waals surface area contributed by atoms with Crippen LogP contribution >= 0.6 is 11.6 Å². The molecule has 7 nitrogen and oxygen atoms in total. The van der Waals surface area contributed by atoms with E-state index in [0.29, 0.717) is 6.54 Å². The van der Waals surface area contributed by atoms with Crippen molar-refractivity contribution in [2.75, 3.05) is 6.54 Å². The second-order valence-electron chi connectivity index (χ2n) is 3.36. The predicted molar refractivity (Wildman–Crippen MR) is 64.5 cm³/mol. The number of nitrogens with zero attached hydrogens (tertiary/aromatic N) is 4. The van der Waals surface area contributed by atoms with Crippen molar-refractivity contribution in [3.05, 3.63) is 35.9 Å². The highest BCUT2D eigenvalue weighted by molar-refractivity contribution is 7.89.